The lowest BCUT2D eigenvalue weighted by Crippen LogP contribution is -2.16. The number of ether oxygens (including phenoxy) is 2. The number of benzene rings is 2. The van der Waals surface area contributed by atoms with Crippen molar-refractivity contribution >= 4 is 22.5 Å². The van der Waals surface area contributed by atoms with E-state index in [1.807, 2.05) is 51.1 Å². The molecule has 1 heterocycles. The van der Waals surface area contributed by atoms with E-state index < -0.39 is 0 Å². The van der Waals surface area contributed by atoms with Crippen LogP contribution in [0.2, 0.25) is 0 Å². The molecule has 0 atom stereocenters. The molecule has 3 rings (SSSR count). The van der Waals surface area contributed by atoms with Gasteiger partial charge in [-0.15, -0.1) is 0 Å². The normalized spacial score (nSPS) is 10.7. The van der Waals surface area contributed by atoms with Crippen LogP contribution in [0.5, 0.6) is 11.5 Å². The Morgan fingerprint density at radius 2 is 1.89 bits per heavy atom. The molecule has 0 aliphatic carbocycles. The van der Waals surface area contributed by atoms with Gasteiger partial charge in [0.25, 0.3) is 0 Å². The number of hydrogen-bond donors (Lipinski definition) is 1. The van der Waals surface area contributed by atoms with E-state index in [0.29, 0.717) is 23.8 Å². The smallest absolute Gasteiger partial charge is 0.228 e. The van der Waals surface area contributed by atoms with Crippen molar-refractivity contribution in [2.24, 2.45) is 0 Å². The predicted octanol–water partition coefficient (Wildman–Crippen LogP) is 4.44. The molecular formula is C22H24N2O3. The number of fused-ring (bicyclic) bond motifs is 1. The molecule has 2 aromatic carbocycles. The molecule has 0 aliphatic rings. The number of aromatic nitrogens is 1. The summed E-state index contributed by atoms with van der Waals surface area (Å²) < 4.78 is 10.8. The summed E-state index contributed by atoms with van der Waals surface area (Å²) in [5, 5.41) is 4.01. The van der Waals surface area contributed by atoms with Gasteiger partial charge in [-0.3, -0.25) is 9.78 Å². The number of amides is 1. The molecule has 0 aliphatic heterocycles. The zero-order valence-electron chi connectivity index (χ0n) is 16.1. The minimum absolute atomic E-state index is 0.0931. The van der Waals surface area contributed by atoms with Crippen LogP contribution in [-0.4, -0.2) is 24.6 Å². The Balaban J connectivity index is 1.81. The van der Waals surface area contributed by atoms with Crippen molar-refractivity contribution in [3.8, 4) is 11.5 Å². The van der Waals surface area contributed by atoms with E-state index in [-0.39, 0.29) is 12.3 Å². The van der Waals surface area contributed by atoms with Crippen LogP contribution in [0.25, 0.3) is 10.9 Å². The number of nitrogens with one attached hydrogen (secondary N) is 1. The molecule has 1 aromatic heterocycles. The molecule has 0 fully saturated rings. The summed E-state index contributed by atoms with van der Waals surface area (Å²) in [5.74, 6) is 1.15. The van der Waals surface area contributed by atoms with Crippen molar-refractivity contribution < 1.29 is 14.3 Å². The van der Waals surface area contributed by atoms with Crippen LogP contribution >= 0.6 is 0 Å². The molecule has 0 spiro atoms. The van der Waals surface area contributed by atoms with E-state index in [4.69, 9.17) is 9.47 Å². The van der Waals surface area contributed by atoms with E-state index in [2.05, 4.69) is 10.3 Å². The number of pyridine rings is 1. The number of carbonyl (C=O) groups excluding carboxylic acids is 1. The van der Waals surface area contributed by atoms with Gasteiger partial charge in [0.2, 0.25) is 5.91 Å². The molecule has 5 heteroatoms. The van der Waals surface area contributed by atoms with Gasteiger partial charge in [-0.05, 0) is 50.1 Å². The SMILES string of the molecule is CCOc1ccc(NC(=O)Cc2c(C)nc3ccccc3c2C)cc1OC. The molecule has 1 N–H and O–H groups in total. The van der Waals surface area contributed by atoms with E-state index in [1.54, 1.807) is 19.2 Å². The van der Waals surface area contributed by atoms with Gasteiger partial charge < -0.3 is 14.8 Å². The zero-order chi connectivity index (χ0) is 19.4. The molecule has 0 bridgehead atoms. The van der Waals surface area contributed by atoms with Crippen LogP contribution in [0.15, 0.2) is 42.5 Å². The summed E-state index contributed by atoms with van der Waals surface area (Å²) >= 11 is 0. The van der Waals surface area contributed by atoms with Gasteiger partial charge in [0.05, 0.1) is 25.7 Å². The van der Waals surface area contributed by atoms with E-state index in [0.717, 1.165) is 27.7 Å². The number of hydrogen-bond acceptors (Lipinski definition) is 4. The minimum Gasteiger partial charge on any atom is -0.493 e. The number of anilines is 1. The van der Waals surface area contributed by atoms with Crippen LogP contribution in [0.4, 0.5) is 5.69 Å². The average molecular weight is 364 g/mol. The second-order valence-corrected chi connectivity index (χ2v) is 6.34. The van der Waals surface area contributed by atoms with Gasteiger partial charge in [-0.25, -0.2) is 0 Å². The third-order valence-electron chi connectivity index (χ3n) is 4.57. The van der Waals surface area contributed by atoms with Gasteiger partial charge in [0.15, 0.2) is 11.5 Å². The summed E-state index contributed by atoms with van der Waals surface area (Å²) in [6, 6.07) is 13.4. The number of nitrogens with zero attached hydrogens (tertiary/aromatic N) is 1. The van der Waals surface area contributed by atoms with E-state index in [9.17, 15) is 4.79 Å². The highest BCUT2D eigenvalue weighted by Gasteiger charge is 2.14. The summed E-state index contributed by atoms with van der Waals surface area (Å²) in [5.41, 5.74) is 4.56. The number of rotatable bonds is 6. The fourth-order valence-electron chi connectivity index (χ4n) is 3.22. The third-order valence-corrected chi connectivity index (χ3v) is 4.57. The number of para-hydroxylation sites is 1. The van der Waals surface area contributed by atoms with Gasteiger partial charge in [-0.2, -0.15) is 0 Å². The number of aryl methyl sites for hydroxylation is 2. The van der Waals surface area contributed by atoms with Crippen LogP contribution in [0.1, 0.15) is 23.7 Å². The van der Waals surface area contributed by atoms with Crippen molar-refractivity contribution in [2.45, 2.75) is 27.2 Å². The molecule has 0 unspecified atom stereocenters. The Labute approximate surface area is 159 Å². The third kappa shape index (κ3) is 4.03. The fourth-order valence-corrected chi connectivity index (χ4v) is 3.22. The molecule has 0 radical (unpaired) electrons. The van der Waals surface area contributed by atoms with E-state index >= 15 is 0 Å². The highest BCUT2D eigenvalue weighted by Crippen LogP contribution is 2.30. The lowest BCUT2D eigenvalue weighted by Gasteiger charge is -2.14. The second kappa shape index (κ2) is 8.08. The number of methoxy groups -OCH3 is 1. The maximum atomic E-state index is 12.6. The summed E-state index contributed by atoms with van der Waals surface area (Å²) in [4.78, 5) is 17.3. The highest BCUT2D eigenvalue weighted by atomic mass is 16.5. The molecular weight excluding hydrogens is 340 g/mol. The van der Waals surface area contributed by atoms with Gasteiger partial charge in [-0.1, -0.05) is 18.2 Å². The predicted molar refractivity (Wildman–Crippen MR) is 108 cm³/mol. The summed E-state index contributed by atoms with van der Waals surface area (Å²) in [7, 11) is 1.58. The van der Waals surface area contributed by atoms with E-state index in [1.165, 1.54) is 0 Å². The van der Waals surface area contributed by atoms with Crippen LogP contribution in [0.3, 0.4) is 0 Å². The highest BCUT2D eigenvalue weighted by molar-refractivity contribution is 5.94. The molecule has 27 heavy (non-hydrogen) atoms. The van der Waals surface area contributed by atoms with Gasteiger partial charge in [0, 0.05) is 22.8 Å². The van der Waals surface area contributed by atoms with Gasteiger partial charge in [0.1, 0.15) is 0 Å². The summed E-state index contributed by atoms with van der Waals surface area (Å²) in [6.45, 7) is 6.45. The topological polar surface area (TPSA) is 60.5 Å². The monoisotopic (exact) mass is 364 g/mol. The van der Waals surface area contributed by atoms with Crippen molar-refractivity contribution in [2.75, 3.05) is 19.0 Å². The Hall–Kier alpha value is -3.08. The van der Waals surface area contributed by atoms with Crippen molar-refractivity contribution in [1.29, 1.82) is 0 Å². The molecule has 5 nitrogen and oxygen atoms in total. The maximum absolute atomic E-state index is 12.6. The van der Waals surface area contributed by atoms with Crippen molar-refractivity contribution in [3.05, 3.63) is 59.3 Å². The molecule has 3 aromatic rings. The average Bonchev–Trinajstić information content (AvgIpc) is 2.66. The Morgan fingerprint density at radius 1 is 1.11 bits per heavy atom. The first-order valence-electron chi connectivity index (χ1n) is 8.99. The van der Waals surface area contributed by atoms with Crippen molar-refractivity contribution in [1.82, 2.24) is 4.98 Å². The summed E-state index contributed by atoms with van der Waals surface area (Å²) in [6.07, 6.45) is 0.269. The lowest BCUT2D eigenvalue weighted by molar-refractivity contribution is -0.115. The largest absolute Gasteiger partial charge is 0.493 e. The number of carbonyl (C=O) groups is 1. The standard InChI is InChI=1S/C22H24N2O3/c1-5-27-20-11-10-16(12-21(20)26-4)24-22(25)13-18-14(2)17-8-6-7-9-19(17)23-15(18)3/h6-12H,5,13H2,1-4H3,(H,24,25). The molecule has 1 amide bonds. The second-order valence-electron chi connectivity index (χ2n) is 6.34. The lowest BCUT2D eigenvalue weighted by atomic mass is 9.99. The van der Waals surface area contributed by atoms with Crippen LogP contribution in [-0.2, 0) is 11.2 Å². The van der Waals surface area contributed by atoms with Gasteiger partial charge >= 0.3 is 0 Å². The first kappa shape index (κ1) is 18.7. The molecule has 0 saturated heterocycles. The molecule has 0 saturated carbocycles. The van der Waals surface area contributed by atoms with Crippen LogP contribution < -0.4 is 14.8 Å². The van der Waals surface area contributed by atoms with Crippen molar-refractivity contribution in [3.63, 3.8) is 0 Å². The zero-order valence-corrected chi connectivity index (χ0v) is 16.1. The first-order chi connectivity index (χ1) is 13.0. The first-order valence-corrected chi connectivity index (χ1v) is 8.99. The fraction of sp³-hybridized carbons (Fsp3) is 0.273. The Kier molecular flexibility index (Phi) is 5.60. The quantitative estimate of drug-likeness (QED) is 0.702. The van der Waals surface area contributed by atoms with Crippen LogP contribution in [0, 0.1) is 13.8 Å². The molecule has 140 valence electrons. The maximum Gasteiger partial charge on any atom is 0.228 e. The Bertz CT molecular complexity index is 983. The Morgan fingerprint density at radius 3 is 2.63 bits per heavy atom. The minimum atomic E-state index is -0.0931.